The highest BCUT2D eigenvalue weighted by Crippen LogP contribution is 2.29. The van der Waals surface area contributed by atoms with Crippen molar-refractivity contribution in [2.75, 3.05) is 23.7 Å². The van der Waals surface area contributed by atoms with Crippen LogP contribution in [0.15, 0.2) is 66.7 Å². The van der Waals surface area contributed by atoms with Gasteiger partial charge in [0.05, 0.1) is 11.3 Å². The van der Waals surface area contributed by atoms with E-state index in [1.165, 1.54) is 5.56 Å². The van der Waals surface area contributed by atoms with E-state index in [1.807, 2.05) is 41.8 Å². The monoisotopic (exact) mass is 688 g/mol. The van der Waals surface area contributed by atoms with E-state index < -0.39 is 6.03 Å². The number of urea groups is 1. The molecule has 1 unspecified atom stereocenters. The molecule has 0 saturated carbocycles. The molecule has 0 aliphatic carbocycles. The molecule has 4 amide bonds. The van der Waals surface area contributed by atoms with E-state index >= 15 is 0 Å². The summed E-state index contributed by atoms with van der Waals surface area (Å²) in [6.45, 7) is 9.92. The molecule has 4 aromatic rings. The number of fused-ring (bicyclic) bond motifs is 1. The van der Waals surface area contributed by atoms with Crippen molar-refractivity contribution in [3.8, 4) is 5.69 Å². The van der Waals surface area contributed by atoms with Crippen molar-refractivity contribution in [3.63, 3.8) is 0 Å². The van der Waals surface area contributed by atoms with E-state index in [9.17, 15) is 14.4 Å². The number of nitrogens with one attached hydrogen (secondary N) is 2. The molecule has 0 bridgehead atoms. The average molecular weight is 690 g/mol. The lowest BCUT2D eigenvalue weighted by atomic mass is 9.94. The predicted molar refractivity (Wildman–Crippen MR) is 193 cm³/mol. The Morgan fingerprint density at radius 2 is 1.52 bits per heavy atom. The second-order valence-corrected chi connectivity index (χ2v) is 13.2. The number of rotatable bonds is 11. The Balaban J connectivity index is 1.50. The number of carbonyl (C=O) groups excluding carboxylic acids is 3. The topological polar surface area (TPSA) is 99.6 Å². The summed E-state index contributed by atoms with van der Waals surface area (Å²) in [5.74, 6) is -0.322. The van der Waals surface area contributed by atoms with Crippen LogP contribution in [0.3, 0.4) is 0 Å². The Morgan fingerprint density at radius 3 is 2.19 bits per heavy atom. The van der Waals surface area contributed by atoms with E-state index in [0.717, 1.165) is 37.7 Å². The van der Waals surface area contributed by atoms with E-state index in [0.29, 0.717) is 63.7 Å². The van der Waals surface area contributed by atoms with Crippen molar-refractivity contribution in [1.29, 1.82) is 0 Å². The third kappa shape index (κ3) is 8.20. The molecular weight excluding hydrogens is 647 g/mol. The zero-order valence-electron chi connectivity index (χ0n) is 27.9. The van der Waals surface area contributed by atoms with E-state index in [-0.39, 0.29) is 17.9 Å². The number of aryl methyl sites for hydroxylation is 1. The Labute approximate surface area is 292 Å². The summed E-state index contributed by atoms with van der Waals surface area (Å²) in [5.41, 5.74) is 5.07. The van der Waals surface area contributed by atoms with Gasteiger partial charge in [-0.3, -0.25) is 9.59 Å². The van der Waals surface area contributed by atoms with Gasteiger partial charge in [0, 0.05) is 52.8 Å². The molecule has 11 heteroatoms. The molecule has 1 atom stereocenters. The third-order valence-electron chi connectivity index (χ3n) is 8.56. The molecule has 1 aliphatic rings. The number of amides is 4. The maximum Gasteiger partial charge on any atom is 0.323 e. The molecule has 0 spiro atoms. The fraction of sp³-hybridized carbons (Fsp3) is 0.351. The van der Waals surface area contributed by atoms with Gasteiger partial charge >= 0.3 is 6.03 Å². The smallest absolute Gasteiger partial charge is 0.323 e. The molecule has 0 radical (unpaired) electrons. The second-order valence-electron chi connectivity index (χ2n) is 12.3. The van der Waals surface area contributed by atoms with Crippen LogP contribution in [0.5, 0.6) is 0 Å². The molecule has 9 nitrogen and oxygen atoms in total. The molecule has 252 valence electrons. The van der Waals surface area contributed by atoms with Gasteiger partial charge in [0.25, 0.3) is 11.8 Å². The van der Waals surface area contributed by atoms with Gasteiger partial charge in [-0.05, 0) is 86.7 Å². The molecule has 0 saturated heterocycles. The van der Waals surface area contributed by atoms with Crippen LogP contribution in [0, 0.1) is 6.92 Å². The van der Waals surface area contributed by atoms with Gasteiger partial charge < -0.3 is 20.4 Å². The first-order valence-corrected chi connectivity index (χ1v) is 17.3. The average Bonchev–Trinajstić information content (AvgIpc) is 3.44. The minimum atomic E-state index is -0.526. The SMILES string of the molecule is CCCCN(CCCC)C(=O)c1cc(C)n(-c2ccc(NC(=O)Nc3cc(Cl)cc(Cl)c3)cc2C(=O)N2Cc3ccccc3CC2C)n1. The lowest BCUT2D eigenvalue weighted by molar-refractivity contribution is 0.0657. The van der Waals surface area contributed by atoms with Crippen LogP contribution in [-0.2, 0) is 13.0 Å². The molecule has 0 fully saturated rings. The van der Waals surface area contributed by atoms with Crippen LogP contribution in [0.4, 0.5) is 16.2 Å². The number of carbonyl (C=O) groups is 3. The highest BCUT2D eigenvalue weighted by atomic mass is 35.5. The van der Waals surface area contributed by atoms with Crippen LogP contribution < -0.4 is 10.6 Å². The Kier molecular flexibility index (Phi) is 11.4. The van der Waals surface area contributed by atoms with Crippen LogP contribution in [-0.4, -0.2) is 56.6 Å². The summed E-state index contributed by atoms with van der Waals surface area (Å²) >= 11 is 12.2. The van der Waals surface area contributed by atoms with Crippen molar-refractivity contribution in [1.82, 2.24) is 19.6 Å². The zero-order valence-corrected chi connectivity index (χ0v) is 29.4. The van der Waals surface area contributed by atoms with Crippen LogP contribution in [0.25, 0.3) is 5.69 Å². The number of nitrogens with zero attached hydrogens (tertiary/aromatic N) is 4. The van der Waals surface area contributed by atoms with Crippen LogP contribution in [0.1, 0.15) is 84.1 Å². The predicted octanol–water partition coefficient (Wildman–Crippen LogP) is 8.76. The first kappa shape index (κ1) is 35.0. The van der Waals surface area contributed by atoms with Crippen molar-refractivity contribution >= 4 is 52.4 Å². The molecule has 5 rings (SSSR count). The summed E-state index contributed by atoms with van der Waals surface area (Å²) in [6, 6.07) is 19.2. The normalized spacial score (nSPS) is 14.0. The Morgan fingerprint density at radius 1 is 0.875 bits per heavy atom. The largest absolute Gasteiger partial charge is 0.337 e. The van der Waals surface area contributed by atoms with Crippen molar-refractivity contribution in [2.45, 2.75) is 72.4 Å². The summed E-state index contributed by atoms with van der Waals surface area (Å²) < 4.78 is 1.65. The van der Waals surface area contributed by atoms with E-state index in [1.54, 1.807) is 47.1 Å². The number of aromatic nitrogens is 2. The molecule has 48 heavy (non-hydrogen) atoms. The van der Waals surface area contributed by atoms with Gasteiger partial charge in [-0.2, -0.15) is 5.10 Å². The third-order valence-corrected chi connectivity index (χ3v) is 8.99. The highest BCUT2D eigenvalue weighted by molar-refractivity contribution is 6.35. The van der Waals surface area contributed by atoms with Gasteiger partial charge in [0.2, 0.25) is 0 Å². The number of hydrogen-bond acceptors (Lipinski definition) is 4. The minimum Gasteiger partial charge on any atom is -0.337 e. The lowest BCUT2D eigenvalue weighted by Gasteiger charge is -2.35. The molecule has 1 aliphatic heterocycles. The van der Waals surface area contributed by atoms with Gasteiger partial charge in [-0.15, -0.1) is 0 Å². The summed E-state index contributed by atoms with van der Waals surface area (Å²) in [5, 5.41) is 11.1. The van der Waals surface area contributed by atoms with Crippen molar-refractivity contribution in [3.05, 3.63) is 105 Å². The van der Waals surface area contributed by atoms with Crippen molar-refractivity contribution < 1.29 is 14.4 Å². The molecular formula is C37H42Cl2N6O3. The Hall–Kier alpha value is -4.34. The van der Waals surface area contributed by atoms with Gasteiger partial charge in [0.15, 0.2) is 5.69 Å². The van der Waals surface area contributed by atoms with Crippen molar-refractivity contribution in [2.24, 2.45) is 0 Å². The standard InChI is InChI=1S/C37H42Cl2N6O3/c1-5-7-15-43(16-8-6-2)36(47)33-18-25(4)45(42-33)34-14-13-30(40-37(48)41-31-20-28(38)19-29(39)21-31)22-32(34)35(46)44-23-27-12-10-9-11-26(27)17-24(44)3/h9-14,18-22,24H,5-8,15-17,23H2,1-4H3,(H2,40,41,48). The Bertz CT molecular complexity index is 1780. The fourth-order valence-corrected chi connectivity index (χ4v) is 6.52. The van der Waals surface area contributed by atoms with Gasteiger partial charge in [-0.25, -0.2) is 9.48 Å². The summed E-state index contributed by atoms with van der Waals surface area (Å²) in [7, 11) is 0. The van der Waals surface area contributed by atoms with E-state index in [4.69, 9.17) is 28.3 Å². The molecule has 3 aromatic carbocycles. The zero-order chi connectivity index (χ0) is 34.4. The number of hydrogen-bond donors (Lipinski definition) is 2. The minimum absolute atomic E-state index is 0.0608. The maximum atomic E-state index is 14.5. The maximum absolute atomic E-state index is 14.5. The first-order chi connectivity index (χ1) is 23.1. The summed E-state index contributed by atoms with van der Waals surface area (Å²) in [6.07, 6.45) is 4.53. The number of halogens is 2. The first-order valence-electron chi connectivity index (χ1n) is 16.5. The van der Waals surface area contributed by atoms with Crippen LogP contribution in [0.2, 0.25) is 10.0 Å². The van der Waals surface area contributed by atoms with Gasteiger partial charge in [-0.1, -0.05) is 74.2 Å². The summed E-state index contributed by atoms with van der Waals surface area (Å²) in [4.78, 5) is 44.9. The second kappa shape index (κ2) is 15.7. The lowest BCUT2D eigenvalue weighted by Crippen LogP contribution is -2.43. The van der Waals surface area contributed by atoms with E-state index in [2.05, 4.69) is 30.5 Å². The molecule has 2 heterocycles. The van der Waals surface area contributed by atoms with Crippen LogP contribution >= 0.6 is 23.2 Å². The quantitative estimate of drug-likeness (QED) is 0.165. The highest BCUT2D eigenvalue weighted by Gasteiger charge is 2.30. The number of benzene rings is 3. The number of unbranched alkanes of at least 4 members (excludes halogenated alkanes) is 2. The fourth-order valence-electron chi connectivity index (χ4n) is 5.99. The molecule has 1 aromatic heterocycles. The molecule has 2 N–H and O–H groups in total. The van der Waals surface area contributed by atoms with Gasteiger partial charge in [0.1, 0.15) is 0 Å². The number of anilines is 2.